The SMILES string of the molecule is CC(C)(C)NC(=O)[C]c1ccccc1. The van der Waals surface area contributed by atoms with E-state index in [2.05, 4.69) is 11.7 Å². The maximum Gasteiger partial charge on any atom is 0.234 e. The summed E-state index contributed by atoms with van der Waals surface area (Å²) in [4.78, 5) is 11.4. The predicted molar refractivity (Wildman–Crippen MR) is 56.7 cm³/mol. The first-order chi connectivity index (χ1) is 6.47. The van der Waals surface area contributed by atoms with Gasteiger partial charge in [-0.2, -0.15) is 0 Å². The largest absolute Gasteiger partial charge is 0.351 e. The minimum atomic E-state index is -0.209. The summed E-state index contributed by atoms with van der Waals surface area (Å²) >= 11 is 0. The van der Waals surface area contributed by atoms with Gasteiger partial charge < -0.3 is 5.32 Å². The fourth-order valence-corrected chi connectivity index (χ4v) is 1.02. The van der Waals surface area contributed by atoms with Crippen molar-refractivity contribution in [2.24, 2.45) is 0 Å². The van der Waals surface area contributed by atoms with Crippen molar-refractivity contribution in [2.45, 2.75) is 26.3 Å². The van der Waals surface area contributed by atoms with E-state index in [4.69, 9.17) is 0 Å². The highest BCUT2D eigenvalue weighted by molar-refractivity contribution is 5.88. The van der Waals surface area contributed by atoms with E-state index in [9.17, 15) is 4.79 Å². The van der Waals surface area contributed by atoms with E-state index < -0.39 is 0 Å². The lowest BCUT2D eigenvalue weighted by Gasteiger charge is -2.20. The van der Waals surface area contributed by atoms with Gasteiger partial charge in [0.1, 0.15) is 6.42 Å². The average molecular weight is 189 g/mol. The zero-order chi connectivity index (χ0) is 10.6. The first kappa shape index (κ1) is 10.8. The molecule has 2 nitrogen and oxygen atoms in total. The van der Waals surface area contributed by atoms with Gasteiger partial charge in [-0.1, -0.05) is 30.3 Å². The number of hydrogen-bond donors (Lipinski definition) is 1. The average Bonchev–Trinajstić information content (AvgIpc) is 2.02. The van der Waals surface area contributed by atoms with Gasteiger partial charge >= 0.3 is 0 Å². The molecule has 1 rings (SSSR count). The van der Waals surface area contributed by atoms with E-state index >= 15 is 0 Å². The Hall–Kier alpha value is -1.31. The maximum absolute atomic E-state index is 11.4. The number of amides is 1. The van der Waals surface area contributed by atoms with E-state index in [-0.39, 0.29) is 11.4 Å². The number of carbonyl (C=O) groups excluding carboxylic acids is 1. The lowest BCUT2D eigenvalue weighted by Crippen LogP contribution is -2.40. The minimum Gasteiger partial charge on any atom is -0.351 e. The standard InChI is InChI=1S/C12H15NO/c1-12(2,3)13-11(14)9-10-7-5-4-6-8-10/h4-8H,1-3H3,(H,13,14). The highest BCUT2D eigenvalue weighted by atomic mass is 16.1. The summed E-state index contributed by atoms with van der Waals surface area (Å²) in [5.74, 6) is -0.177. The summed E-state index contributed by atoms with van der Waals surface area (Å²) in [6.07, 6.45) is 2.75. The van der Waals surface area contributed by atoms with Gasteiger partial charge in [0.15, 0.2) is 0 Å². The van der Waals surface area contributed by atoms with E-state index in [1.807, 2.05) is 51.1 Å². The van der Waals surface area contributed by atoms with Crippen LogP contribution in [0.2, 0.25) is 0 Å². The third-order valence-corrected chi connectivity index (χ3v) is 1.52. The molecule has 0 aromatic heterocycles. The Morgan fingerprint density at radius 3 is 2.29 bits per heavy atom. The lowest BCUT2D eigenvalue weighted by atomic mass is 10.1. The van der Waals surface area contributed by atoms with Gasteiger partial charge in [0.2, 0.25) is 5.91 Å². The topological polar surface area (TPSA) is 29.1 Å². The Balaban J connectivity index is 2.50. The molecule has 1 amide bonds. The number of nitrogens with one attached hydrogen (secondary N) is 1. The van der Waals surface area contributed by atoms with Gasteiger partial charge in [0, 0.05) is 5.54 Å². The Morgan fingerprint density at radius 2 is 1.79 bits per heavy atom. The summed E-state index contributed by atoms with van der Waals surface area (Å²) < 4.78 is 0. The third kappa shape index (κ3) is 4.08. The summed E-state index contributed by atoms with van der Waals surface area (Å²) in [6.45, 7) is 5.83. The van der Waals surface area contributed by atoms with Crippen LogP contribution in [-0.2, 0) is 4.79 Å². The van der Waals surface area contributed by atoms with Gasteiger partial charge in [0.05, 0.1) is 0 Å². The molecule has 0 fully saturated rings. The molecule has 0 saturated heterocycles. The molecule has 2 heteroatoms. The highest BCUT2D eigenvalue weighted by Crippen LogP contribution is 2.04. The van der Waals surface area contributed by atoms with Crippen molar-refractivity contribution in [3.8, 4) is 0 Å². The molecular formula is C12H15NO. The Bertz CT molecular complexity index is 298. The summed E-state index contributed by atoms with van der Waals surface area (Å²) in [5, 5.41) is 2.82. The van der Waals surface area contributed by atoms with E-state index in [1.54, 1.807) is 0 Å². The second kappa shape index (κ2) is 4.27. The van der Waals surface area contributed by atoms with Crippen LogP contribution >= 0.6 is 0 Å². The van der Waals surface area contributed by atoms with Crippen LogP contribution in [0.1, 0.15) is 26.3 Å². The van der Waals surface area contributed by atoms with Gasteiger partial charge in [-0.25, -0.2) is 0 Å². The molecule has 2 radical (unpaired) electrons. The van der Waals surface area contributed by atoms with Crippen LogP contribution in [0.25, 0.3) is 0 Å². The van der Waals surface area contributed by atoms with Crippen LogP contribution in [0.5, 0.6) is 0 Å². The van der Waals surface area contributed by atoms with Gasteiger partial charge in [0.25, 0.3) is 0 Å². The molecule has 1 N–H and O–H groups in total. The van der Waals surface area contributed by atoms with Crippen LogP contribution in [0.15, 0.2) is 30.3 Å². The molecule has 0 unspecified atom stereocenters. The van der Waals surface area contributed by atoms with Gasteiger partial charge in [-0.3, -0.25) is 4.79 Å². The minimum absolute atomic E-state index is 0.177. The Morgan fingerprint density at radius 1 is 1.21 bits per heavy atom. The van der Waals surface area contributed by atoms with Crippen LogP contribution < -0.4 is 5.32 Å². The van der Waals surface area contributed by atoms with Crippen molar-refractivity contribution in [1.29, 1.82) is 0 Å². The lowest BCUT2D eigenvalue weighted by molar-refractivity contribution is -0.118. The molecule has 0 aliphatic carbocycles. The fourth-order valence-electron chi connectivity index (χ4n) is 1.02. The van der Waals surface area contributed by atoms with Crippen molar-refractivity contribution < 1.29 is 4.79 Å². The monoisotopic (exact) mass is 189 g/mol. The van der Waals surface area contributed by atoms with Crippen LogP contribution in [0.4, 0.5) is 0 Å². The van der Waals surface area contributed by atoms with E-state index in [0.29, 0.717) is 0 Å². The second-order valence-corrected chi connectivity index (χ2v) is 4.20. The quantitative estimate of drug-likeness (QED) is 0.757. The molecule has 0 saturated carbocycles. The van der Waals surface area contributed by atoms with Crippen molar-refractivity contribution in [2.75, 3.05) is 0 Å². The first-order valence-corrected chi connectivity index (χ1v) is 4.61. The normalized spacial score (nSPS) is 11.1. The number of hydrogen-bond acceptors (Lipinski definition) is 1. The molecule has 1 aromatic rings. The van der Waals surface area contributed by atoms with Gasteiger partial charge in [-0.15, -0.1) is 0 Å². The van der Waals surface area contributed by atoms with Gasteiger partial charge in [-0.05, 0) is 26.3 Å². The first-order valence-electron chi connectivity index (χ1n) is 4.61. The third-order valence-electron chi connectivity index (χ3n) is 1.52. The van der Waals surface area contributed by atoms with Crippen molar-refractivity contribution in [3.05, 3.63) is 42.3 Å². The molecule has 1 aromatic carbocycles. The zero-order valence-electron chi connectivity index (χ0n) is 8.79. The van der Waals surface area contributed by atoms with Crippen LogP contribution in [0.3, 0.4) is 0 Å². The number of carbonyl (C=O) groups is 1. The molecule has 0 atom stereocenters. The molecule has 74 valence electrons. The Kier molecular flexibility index (Phi) is 3.28. The van der Waals surface area contributed by atoms with Crippen molar-refractivity contribution in [3.63, 3.8) is 0 Å². The molecule has 0 heterocycles. The number of rotatable bonds is 2. The highest BCUT2D eigenvalue weighted by Gasteiger charge is 2.14. The Labute approximate surface area is 85.3 Å². The molecule has 0 bridgehead atoms. The van der Waals surface area contributed by atoms with Crippen molar-refractivity contribution >= 4 is 5.91 Å². The van der Waals surface area contributed by atoms with Crippen molar-refractivity contribution in [1.82, 2.24) is 5.32 Å². The van der Waals surface area contributed by atoms with E-state index in [1.165, 1.54) is 0 Å². The van der Waals surface area contributed by atoms with Crippen LogP contribution in [-0.4, -0.2) is 11.4 Å². The number of benzene rings is 1. The summed E-state index contributed by atoms with van der Waals surface area (Å²) in [6, 6.07) is 9.37. The molecular weight excluding hydrogens is 174 g/mol. The summed E-state index contributed by atoms with van der Waals surface area (Å²) in [5.41, 5.74) is 0.591. The molecule has 0 aliphatic heterocycles. The fraction of sp³-hybridized carbons (Fsp3) is 0.333. The second-order valence-electron chi connectivity index (χ2n) is 4.20. The predicted octanol–water partition coefficient (Wildman–Crippen LogP) is 2.03. The van der Waals surface area contributed by atoms with Crippen LogP contribution in [0, 0.1) is 6.42 Å². The van der Waals surface area contributed by atoms with E-state index in [0.717, 1.165) is 5.56 Å². The maximum atomic E-state index is 11.4. The molecule has 0 aliphatic rings. The smallest absolute Gasteiger partial charge is 0.234 e. The summed E-state index contributed by atoms with van der Waals surface area (Å²) in [7, 11) is 0. The zero-order valence-corrected chi connectivity index (χ0v) is 8.79. The molecule has 14 heavy (non-hydrogen) atoms. The molecule has 0 spiro atoms.